The highest BCUT2D eigenvalue weighted by Crippen LogP contribution is 2.62. The monoisotopic (exact) mass is 1170 g/mol. The smallest absolute Gasteiger partial charge is 0.330 e. The molecule has 10 nitrogen and oxygen atoms in total. The summed E-state index contributed by atoms with van der Waals surface area (Å²) in [4.78, 5) is 49.3. The largest absolute Gasteiger partial charge is 0.497 e. The predicted octanol–water partition coefficient (Wildman–Crippen LogP) is 15.6. The molecule has 86 heavy (non-hydrogen) atoms. The zero-order valence-corrected chi connectivity index (χ0v) is 51.7. The molecule has 16 bridgehead atoms. The van der Waals surface area contributed by atoms with E-state index in [9.17, 15) is 19.2 Å². The molecule has 0 radical (unpaired) electrons. The molecule has 0 heterocycles. The number of hydrogen-bond donors (Lipinski definition) is 0. The third kappa shape index (κ3) is 12.7. The maximum absolute atomic E-state index is 12.9. The molecule has 12 saturated carbocycles. The molecule has 16 aliphatic carbocycles. The Balaban J connectivity index is 0.000000106. The molecule has 2 aromatic carbocycles. The highest BCUT2D eigenvalue weighted by atomic mass is 16.6. The SMILES string of the molecule is CC1(OC(=O)C2CC3C=CC2C3)C2CC3CC(C2)CC1C3.CCC1(OC(=O)C2CC3C=CC2C3)C2CC3CC(C2)CC1C3.CCOc1ccc(/C=C/C(=O)OCC2CC3C=CC2C3)cc1.COc1ccc(/C=C/C(=O)OCC2CC3C=CC2C3)cc1. The highest BCUT2D eigenvalue weighted by Gasteiger charge is 2.60. The average Bonchev–Trinajstić information content (AvgIpc) is 1.81. The topological polar surface area (TPSA) is 124 Å². The zero-order valence-electron chi connectivity index (χ0n) is 51.7. The zero-order chi connectivity index (χ0) is 59.1. The van der Waals surface area contributed by atoms with Crippen molar-refractivity contribution in [1.82, 2.24) is 0 Å². The number of benzene rings is 2. The van der Waals surface area contributed by atoms with Crippen LogP contribution in [-0.2, 0) is 38.1 Å². The van der Waals surface area contributed by atoms with Gasteiger partial charge in [0.2, 0.25) is 0 Å². The number of rotatable bonds is 16. The fraction of sp³-hybridized carbons (Fsp3) is 0.632. The number of fused-ring (bicyclic) bond motifs is 8. The number of carbonyl (C=O) groups excluding carboxylic acids is 4. The van der Waals surface area contributed by atoms with Gasteiger partial charge in [0.05, 0.1) is 38.8 Å². The van der Waals surface area contributed by atoms with Gasteiger partial charge in [-0.05, 0) is 290 Å². The Bertz CT molecular complexity index is 2890. The molecule has 12 unspecified atom stereocenters. The van der Waals surface area contributed by atoms with Gasteiger partial charge in [0.1, 0.15) is 22.7 Å². The Kier molecular flexibility index (Phi) is 17.6. The quantitative estimate of drug-likeness (QED) is 0.0694. The lowest BCUT2D eigenvalue weighted by Gasteiger charge is -2.60. The molecule has 0 N–H and O–H groups in total. The van der Waals surface area contributed by atoms with Crippen molar-refractivity contribution >= 4 is 36.0 Å². The van der Waals surface area contributed by atoms with Gasteiger partial charge in [-0.15, -0.1) is 0 Å². The number of methoxy groups -OCH3 is 1. The van der Waals surface area contributed by atoms with Crippen LogP contribution in [0.25, 0.3) is 12.2 Å². The molecule has 18 rings (SSSR count). The molecule has 0 aromatic heterocycles. The van der Waals surface area contributed by atoms with E-state index in [4.69, 9.17) is 28.4 Å². The van der Waals surface area contributed by atoms with E-state index in [-0.39, 0.29) is 46.9 Å². The van der Waals surface area contributed by atoms with Gasteiger partial charge in [-0.25, -0.2) is 9.59 Å². The maximum Gasteiger partial charge on any atom is 0.330 e. The summed E-state index contributed by atoms with van der Waals surface area (Å²) < 4.78 is 33.9. The van der Waals surface area contributed by atoms with Crippen LogP contribution in [0.5, 0.6) is 11.5 Å². The molecular weight excluding hydrogens is 1070 g/mol. The summed E-state index contributed by atoms with van der Waals surface area (Å²) in [7, 11) is 1.63. The van der Waals surface area contributed by atoms with Gasteiger partial charge in [0.15, 0.2) is 0 Å². The van der Waals surface area contributed by atoms with Crippen molar-refractivity contribution in [3.63, 3.8) is 0 Å². The lowest BCUT2D eigenvalue weighted by atomic mass is 9.49. The second-order valence-electron chi connectivity index (χ2n) is 29.5. The second-order valence-corrected chi connectivity index (χ2v) is 29.5. The summed E-state index contributed by atoms with van der Waals surface area (Å²) in [5, 5.41) is 0. The minimum Gasteiger partial charge on any atom is -0.497 e. The van der Waals surface area contributed by atoms with Gasteiger partial charge >= 0.3 is 23.9 Å². The van der Waals surface area contributed by atoms with E-state index in [1.54, 1.807) is 19.3 Å². The second kappa shape index (κ2) is 25.5. The highest BCUT2D eigenvalue weighted by molar-refractivity contribution is 5.87. The molecule has 2 aromatic rings. The minimum absolute atomic E-state index is 0.101. The molecule has 0 saturated heterocycles. The lowest BCUT2D eigenvalue weighted by Crippen LogP contribution is -2.59. The van der Waals surface area contributed by atoms with Crippen LogP contribution in [0, 0.1) is 118 Å². The fourth-order valence-electron chi connectivity index (χ4n) is 20.3. The first-order valence-electron chi connectivity index (χ1n) is 34.0. The molecule has 0 aliphatic heterocycles. The number of esters is 4. The standard InChI is InChI=1S/C20H28O2.C19H22O3.C19H26O2.C18H20O3/c1-2-20(16-7-13-5-14(9-16)10-17(20)8-13)22-19(21)18-11-12-3-4-15(18)6-12;1-2-21-18-8-4-14(5-9-18)6-10-19(20)22-13-17-12-15-3-7-16(17)11-15;1-19(15-6-12-4-13(8-15)9-16(19)7-12)21-18(20)17-10-11-2-3-14(17)5-11;1-20-17-7-3-13(4-8-17)5-9-18(19)21-12-16-11-14-2-6-15(16)10-14/h3-4,12-18H,2,5-11H2,1H3;3-10,15-17H,2,11-13H2,1H3;2-3,11-17H,4-10H2,1H3;2-9,14-16H,10-12H2,1H3/b;10-6+;;9-5+. The van der Waals surface area contributed by atoms with E-state index < -0.39 is 0 Å². The minimum atomic E-state index is -0.266. The Morgan fingerprint density at radius 2 is 0.849 bits per heavy atom. The van der Waals surface area contributed by atoms with Crippen molar-refractivity contribution in [3.05, 3.63) is 120 Å². The van der Waals surface area contributed by atoms with E-state index in [0.29, 0.717) is 103 Å². The van der Waals surface area contributed by atoms with E-state index in [0.717, 1.165) is 78.4 Å². The molecule has 0 spiro atoms. The van der Waals surface area contributed by atoms with E-state index in [1.807, 2.05) is 55.5 Å². The third-order valence-corrected chi connectivity index (χ3v) is 24.4. The van der Waals surface area contributed by atoms with Crippen LogP contribution < -0.4 is 9.47 Å². The maximum atomic E-state index is 12.9. The Hall–Kier alpha value is -5.64. The summed E-state index contributed by atoms with van der Waals surface area (Å²) >= 11 is 0. The first-order chi connectivity index (χ1) is 41.8. The van der Waals surface area contributed by atoms with Crippen molar-refractivity contribution in [3.8, 4) is 11.5 Å². The fourth-order valence-corrected chi connectivity index (χ4v) is 20.3. The average molecular weight is 1170 g/mol. The Morgan fingerprint density at radius 1 is 0.453 bits per heavy atom. The first kappa shape index (κ1) is 59.3. The number of hydrogen-bond acceptors (Lipinski definition) is 10. The number of carbonyl (C=O) groups is 4. The molecule has 16 aliphatic rings. The van der Waals surface area contributed by atoms with Crippen molar-refractivity contribution in [1.29, 1.82) is 0 Å². The number of ether oxygens (including phenoxy) is 6. The van der Waals surface area contributed by atoms with Gasteiger partial charge < -0.3 is 28.4 Å². The van der Waals surface area contributed by atoms with Crippen molar-refractivity contribution < 1.29 is 47.6 Å². The number of allylic oxidation sites excluding steroid dienone is 8. The van der Waals surface area contributed by atoms with Crippen LogP contribution in [0.3, 0.4) is 0 Å². The normalized spacial score (nSPS) is 40.6. The van der Waals surface area contributed by atoms with Crippen LogP contribution >= 0.6 is 0 Å². The molecule has 12 fully saturated rings. The Labute approximate surface area is 512 Å². The summed E-state index contributed by atoms with van der Waals surface area (Å²) in [6.45, 7) is 8.21. The summed E-state index contributed by atoms with van der Waals surface area (Å²) in [5.74, 6) is 14.0. The van der Waals surface area contributed by atoms with Gasteiger partial charge in [0.25, 0.3) is 0 Å². The van der Waals surface area contributed by atoms with Gasteiger partial charge in [0, 0.05) is 12.2 Å². The van der Waals surface area contributed by atoms with Gasteiger partial charge in [-0.2, -0.15) is 0 Å². The predicted molar refractivity (Wildman–Crippen MR) is 334 cm³/mol. The van der Waals surface area contributed by atoms with Crippen molar-refractivity contribution in [2.75, 3.05) is 26.9 Å². The summed E-state index contributed by atoms with van der Waals surface area (Å²) in [5.41, 5.74) is 1.67. The van der Waals surface area contributed by atoms with Crippen LogP contribution in [0.2, 0.25) is 0 Å². The molecule has 12 atom stereocenters. The molecule has 0 amide bonds. The molecule has 460 valence electrons. The van der Waals surface area contributed by atoms with Gasteiger partial charge in [-0.1, -0.05) is 79.8 Å². The summed E-state index contributed by atoms with van der Waals surface area (Å²) in [6, 6.07) is 15.2. The lowest BCUT2D eigenvalue weighted by molar-refractivity contribution is -0.215. The third-order valence-electron chi connectivity index (χ3n) is 24.4. The van der Waals surface area contributed by atoms with Crippen LogP contribution in [0.1, 0.15) is 154 Å². The van der Waals surface area contributed by atoms with E-state index >= 15 is 0 Å². The van der Waals surface area contributed by atoms with Crippen LogP contribution in [0.15, 0.2) is 109 Å². The Morgan fingerprint density at radius 3 is 1.21 bits per heavy atom. The van der Waals surface area contributed by atoms with Crippen LogP contribution in [0.4, 0.5) is 0 Å². The van der Waals surface area contributed by atoms with Crippen molar-refractivity contribution in [2.45, 2.75) is 154 Å². The summed E-state index contributed by atoms with van der Waals surface area (Å²) in [6.07, 6.45) is 48.6. The molecule has 10 heteroatoms. The first-order valence-corrected chi connectivity index (χ1v) is 34.0. The van der Waals surface area contributed by atoms with Crippen molar-refractivity contribution in [2.24, 2.45) is 118 Å². The van der Waals surface area contributed by atoms with E-state index in [2.05, 4.69) is 62.5 Å². The van der Waals surface area contributed by atoms with E-state index in [1.165, 1.54) is 102 Å². The molecular formula is C76H96O10. The van der Waals surface area contributed by atoms with Crippen LogP contribution in [-0.4, -0.2) is 62.0 Å². The van der Waals surface area contributed by atoms with Gasteiger partial charge in [-0.3, -0.25) is 9.59 Å².